The molecule has 2 aromatic heterocycles. The first-order valence-electron chi connectivity index (χ1n) is 8.88. The molecular weight excluding hydrogens is 326 g/mol. The smallest absolute Gasteiger partial charge is 0.262 e. The third kappa shape index (κ3) is 2.71. The molecule has 0 saturated carbocycles. The third-order valence-electron chi connectivity index (χ3n) is 4.98. The summed E-state index contributed by atoms with van der Waals surface area (Å²) >= 11 is 0. The van der Waals surface area contributed by atoms with E-state index in [1.165, 1.54) is 16.7 Å². The Labute approximate surface area is 153 Å². The number of aromatic nitrogens is 4. The van der Waals surface area contributed by atoms with Gasteiger partial charge in [-0.2, -0.15) is 10.2 Å². The van der Waals surface area contributed by atoms with Crippen molar-refractivity contribution in [3.05, 3.63) is 53.0 Å². The van der Waals surface area contributed by atoms with Gasteiger partial charge in [0.05, 0.1) is 11.8 Å². The van der Waals surface area contributed by atoms with Crippen LogP contribution in [0.2, 0.25) is 0 Å². The van der Waals surface area contributed by atoms with Crippen LogP contribution in [0.25, 0.3) is 11.3 Å². The predicted octanol–water partition coefficient (Wildman–Crippen LogP) is 3.03. The molecule has 0 N–H and O–H groups in total. The average Bonchev–Trinajstić information content (AvgIpc) is 3.19. The first-order valence-corrected chi connectivity index (χ1v) is 8.88. The molecule has 1 aliphatic rings. The molecule has 0 fully saturated rings. The van der Waals surface area contributed by atoms with E-state index in [0.717, 1.165) is 30.6 Å². The van der Waals surface area contributed by atoms with Crippen LogP contribution >= 0.6 is 0 Å². The summed E-state index contributed by atoms with van der Waals surface area (Å²) < 4.78 is 3.42. The molecule has 134 valence electrons. The summed E-state index contributed by atoms with van der Waals surface area (Å²) in [6, 6.07) is 4.32. The summed E-state index contributed by atoms with van der Waals surface area (Å²) in [7, 11) is 3.70. The number of carbonyl (C=O) groups excluding carboxylic acids is 1. The molecule has 4 rings (SSSR count). The minimum atomic E-state index is 0.00269. The maximum absolute atomic E-state index is 13.4. The molecule has 0 atom stereocenters. The first-order chi connectivity index (χ1) is 12.4. The Bertz CT molecular complexity index is 998. The van der Waals surface area contributed by atoms with Crippen molar-refractivity contribution >= 4 is 11.6 Å². The van der Waals surface area contributed by atoms with Gasteiger partial charge in [0.15, 0.2) is 0 Å². The third-order valence-corrected chi connectivity index (χ3v) is 4.98. The van der Waals surface area contributed by atoms with Gasteiger partial charge in [-0.1, -0.05) is 6.07 Å². The Kier molecular flexibility index (Phi) is 3.90. The van der Waals surface area contributed by atoms with Gasteiger partial charge in [0, 0.05) is 44.3 Å². The number of rotatable bonds is 2. The summed E-state index contributed by atoms with van der Waals surface area (Å²) in [5, 5.41) is 8.73. The number of hydrogen-bond donors (Lipinski definition) is 0. The number of nitrogens with zero attached hydrogens (tertiary/aromatic N) is 5. The van der Waals surface area contributed by atoms with E-state index in [2.05, 4.69) is 36.2 Å². The van der Waals surface area contributed by atoms with Crippen LogP contribution < -0.4 is 4.90 Å². The highest BCUT2D eigenvalue weighted by molar-refractivity contribution is 6.10. The van der Waals surface area contributed by atoms with Gasteiger partial charge >= 0.3 is 0 Å². The highest BCUT2D eigenvalue weighted by Gasteiger charge is 2.28. The summed E-state index contributed by atoms with van der Waals surface area (Å²) in [6.45, 7) is 4.94. The highest BCUT2D eigenvalue weighted by Crippen LogP contribution is 2.33. The topological polar surface area (TPSA) is 56.0 Å². The van der Waals surface area contributed by atoms with E-state index in [4.69, 9.17) is 0 Å². The van der Waals surface area contributed by atoms with Crippen molar-refractivity contribution < 1.29 is 4.79 Å². The fourth-order valence-electron chi connectivity index (χ4n) is 3.83. The van der Waals surface area contributed by atoms with Gasteiger partial charge in [0.1, 0.15) is 5.69 Å². The minimum Gasteiger partial charge on any atom is -0.308 e. The van der Waals surface area contributed by atoms with E-state index >= 15 is 0 Å². The van der Waals surface area contributed by atoms with E-state index in [0.29, 0.717) is 11.3 Å². The van der Waals surface area contributed by atoms with Crippen LogP contribution in [0.3, 0.4) is 0 Å². The zero-order valence-corrected chi connectivity index (χ0v) is 15.7. The molecule has 0 unspecified atom stereocenters. The van der Waals surface area contributed by atoms with Crippen LogP contribution in [-0.2, 0) is 20.5 Å². The molecule has 0 saturated heterocycles. The van der Waals surface area contributed by atoms with E-state index in [1.54, 1.807) is 15.6 Å². The Hall–Kier alpha value is -2.89. The van der Waals surface area contributed by atoms with Crippen molar-refractivity contribution in [2.75, 3.05) is 11.4 Å². The lowest BCUT2D eigenvalue weighted by atomic mass is 9.94. The number of benzene rings is 1. The molecule has 1 aliphatic heterocycles. The van der Waals surface area contributed by atoms with E-state index in [-0.39, 0.29) is 5.91 Å². The molecule has 0 radical (unpaired) electrons. The van der Waals surface area contributed by atoms with Gasteiger partial charge in [-0.15, -0.1) is 0 Å². The number of amides is 1. The Morgan fingerprint density at radius 3 is 2.65 bits per heavy atom. The summed E-state index contributed by atoms with van der Waals surface area (Å²) in [4.78, 5) is 15.4. The molecule has 6 heteroatoms. The van der Waals surface area contributed by atoms with Gasteiger partial charge in [0.2, 0.25) is 0 Å². The van der Waals surface area contributed by atoms with E-state index < -0.39 is 0 Å². The Morgan fingerprint density at radius 2 is 1.92 bits per heavy atom. The van der Waals surface area contributed by atoms with Crippen molar-refractivity contribution in [2.45, 2.75) is 26.7 Å². The van der Waals surface area contributed by atoms with Crippen molar-refractivity contribution in [1.82, 2.24) is 19.6 Å². The maximum Gasteiger partial charge on any atom is 0.262 e. The minimum absolute atomic E-state index is 0.00269. The molecule has 0 spiro atoms. The number of aryl methyl sites for hydroxylation is 4. The predicted molar refractivity (Wildman–Crippen MR) is 101 cm³/mol. The van der Waals surface area contributed by atoms with Gasteiger partial charge in [-0.3, -0.25) is 14.2 Å². The first kappa shape index (κ1) is 16.6. The fourth-order valence-corrected chi connectivity index (χ4v) is 3.83. The quantitative estimate of drug-likeness (QED) is 0.714. The molecule has 1 aromatic carbocycles. The van der Waals surface area contributed by atoms with Crippen LogP contribution in [0.1, 0.15) is 33.5 Å². The van der Waals surface area contributed by atoms with Crippen LogP contribution in [0.5, 0.6) is 0 Å². The zero-order valence-electron chi connectivity index (χ0n) is 15.7. The van der Waals surface area contributed by atoms with Gasteiger partial charge < -0.3 is 4.90 Å². The lowest BCUT2D eigenvalue weighted by Gasteiger charge is -2.31. The lowest BCUT2D eigenvalue weighted by molar-refractivity contribution is 0.0985. The number of hydrogen-bond acceptors (Lipinski definition) is 3. The van der Waals surface area contributed by atoms with Crippen LogP contribution in [0.4, 0.5) is 5.69 Å². The summed E-state index contributed by atoms with van der Waals surface area (Å²) in [5.41, 5.74) is 6.92. The largest absolute Gasteiger partial charge is 0.308 e. The molecule has 3 aromatic rings. The second kappa shape index (κ2) is 6.12. The van der Waals surface area contributed by atoms with E-state index in [1.807, 2.05) is 31.4 Å². The van der Waals surface area contributed by atoms with Gasteiger partial charge in [-0.25, -0.2) is 0 Å². The molecule has 26 heavy (non-hydrogen) atoms. The van der Waals surface area contributed by atoms with Crippen molar-refractivity contribution in [3.8, 4) is 11.3 Å². The summed E-state index contributed by atoms with van der Waals surface area (Å²) in [5.74, 6) is 0.00269. The van der Waals surface area contributed by atoms with Crippen molar-refractivity contribution in [1.29, 1.82) is 0 Å². The molecule has 1 amide bonds. The van der Waals surface area contributed by atoms with Gasteiger partial charge in [-0.05, 0) is 49.4 Å². The normalized spacial score (nSPS) is 13.8. The van der Waals surface area contributed by atoms with Gasteiger partial charge in [0.25, 0.3) is 5.91 Å². The molecule has 6 nitrogen and oxygen atoms in total. The van der Waals surface area contributed by atoms with Crippen LogP contribution in [-0.4, -0.2) is 32.0 Å². The second-order valence-electron chi connectivity index (χ2n) is 7.11. The molecule has 3 heterocycles. The number of anilines is 1. The highest BCUT2D eigenvalue weighted by atomic mass is 16.2. The number of fused-ring (bicyclic) bond motifs is 1. The summed E-state index contributed by atoms with van der Waals surface area (Å²) in [6.07, 6.45) is 7.44. The lowest BCUT2D eigenvalue weighted by Crippen LogP contribution is -2.36. The Balaban J connectivity index is 1.79. The molecular formula is C20H23N5O. The Morgan fingerprint density at radius 1 is 1.12 bits per heavy atom. The monoisotopic (exact) mass is 349 g/mol. The van der Waals surface area contributed by atoms with Crippen LogP contribution in [0.15, 0.2) is 30.7 Å². The maximum atomic E-state index is 13.4. The molecule has 0 aliphatic carbocycles. The van der Waals surface area contributed by atoms with Crippen LogP contribution in [0, 0.1) is 13.8 Å². The number of carbonyl (C=O) groups is 1. The van der Waals surface area contributed by atoms with Crippen molar-refractivity contribution in [2.24, 2.45) is 14.1 Å². The van der Waals surface area contributed by atoms with Crippen molar-refractivity contribution in [3.63, 3.8) is 0 Å². The zero-order chi connectivity index (χ0) is 18.4. The fraction of sp³-hybridized carbons (Fsp3) is 0.350. The second-order valence-corrected chi connectivity index (χ2v) is 7.11. The SMILES string of the molecule is Cc1cc(C)c2c(c1)N(C(=O)c1cn(C)nc1-c1cnn(C)c1)CCC2. The molecule has 0 bridgehead atoms. The average molecular weight is 349 g/mol. The van der Waals surface area contributed by atoms with E-state index in [9.17, 15) is 4.79 Å². The standard InChI is InChI=1S/C20H23N5O/c1-13-8-14(2)16-6-5-7-25(18(16)9-13)20(26)17-12-24(4)22-19(17)15-10-21-23(3)11-15/h8-12H,5-7H2,1-4H3.